The molecule has 26 heavy (non-hydrogen) atoms. The van der Waals surface area contributed by atoms with E-state index in [1.165, 1.54) is 6.92 Å². The summed E-state index contributed by atoms with van der Waals surface area (Å²) < 4.78 is 5.06. The van der Waals surface area contributed by atoms with Crippen molar-refractivity contribution in [2.24, 2.45) is 0 Å². The maximum Gasteiger partial charge on any atom is 0.224 e. The predicted molar refractivity (Wildman–Crippen MR) is 101 cm³/mol. The van der Waals surface area contributed by atoms with Gasteiger partial charge in [-0.25, -0.2) is 0 Å². The normalized spacial score (nSPS) is 10.1. The Balaban J connectivity index is 1.93. The fourth-order valence-electron chi connectivity index (χ4n) is 2.40. The van der Waals surface area contributed by atoms with Gasteiger partial charge in [0.25, 0.3) is 0 Å². The highest BCUT2D eigenvalue weighted by atomic mass is 16.5. The first-order chi connectivity index (χ1) is 12.4. The van der Waals surface area contributed by atoms with E-state index in [9.17, 15) is 14.4 Å². The number of amides is 2. The molecule has 0 aliphatic heterocycles. The summed E-state index contributed by atoms with van der Waals surface area (Å²) >= 11 is 0. The second-order valence-corrected chi connectivity index (χ2v) is 5.91. The molecule has 0 radical (unpaired) electrons. The van der Waals surface area contributed by atoms with E-state index in [0.29, 0.717) is 22.7 Å². The summed E-state index contributed by atoms with van der Waals surface area (Å²) in [6, 6.07) is 12.1. The number of carbonyl (C=O) groups excluding carboxylic acids is 3. The van der Waals surface area contributed by atoms with E-state index in [0.717, 1.165) is 5.56 Å². The van der Waals surface area contributed by atoms with Crippen molar-refractivity contribution < 1.29 is 19.1 Å². The van der Waals surface area contributed by atoms with Crippen LogP contribution in [0.25, 0.3) is 0 Å². The average molecular weight is 354 g/mol. The van der Waals surface area contributed by atoms with Gasteiger partial charge in [0.2, 0.25) is 11.8 Å². The Morgan fingerprint density at radius 3 is 2.27 bits per heavy atom. The number of hydrogen-bond donors (Lipinski definition) is 2. The zero-order valence-electron chi connectivity index (χ0n) is 15.1. The SMILES string of the molecule is COc1ccc(C(=O)CCC(=O)Nc2cc(NC(C)=O)ccc2C)cc1. The van der Waals surface area contributed by atoms with Gasteiger partial charge < -0.3 is 15.4 Å². The highest BCUT2D eigenvalue weighted by Gasteiger charge is 2.11. The Morgan fingerprint density at radius 1 is 0.962 bits per heavy atom. The molecule has 136 valence electrons. The first kappa shape index (κ1) is 19.2. The number of hydrogen-bond acceptors (Lipinski definition) is 4. The summed E-state index contributed by atoms with van der Waals surface area (Å²) in [6.45, 7) is 3.28. The van der Waals surface area contributed by atoms with E-state index in [4.69, 9.17) is 4.74 Å². The van der Waals surface area contributed by atoms with Crippen molar-refractivity contribution in [3.63, 3.8) is 0 Å². The molecule has 2 amide bonds. The molecule has 2 aromatic rings. The number of aryl methyl sites for hydroxylation is 1. The Kier molecular flexibility index (Phi) is 6.49. The van der Waals surface area contributed by atoms with Crippen LogP contribution in [0, 0.1) is 6.92 Å². The van der Waals surface area contributed by atoms with Gasteiger partial charge in [-0.05, 0) is 48.9 Å². The van der Waals surface area contributed by atoms with Gasteiger partial charge in [-0.15, -0.1) is 0 Å². The third kappa shape index (κ3) is 5.44. The summed E-state index contributed by atoms with van der Waals surface area (Å²) in [5.41, 5.74) is 2.63. The van der Waals surface area contributed by atoms with Crippen molar-refractivity contribution >= 4 is 29.0 Å². The molecule has 2 N–H and O–H groups in total. The number of methoxy groups -OCH3 is 1. The highest BCUT2D eigenvalue weighted by Crippen LogP contribution is 2.21. The molecule has 0 saturated heterocycles. The first-order valence-electron chi connectivity index (χ1n) is 8.24. The van der Waals surface area contributed by atoms with Gasteiger partial charge in [0.15, 0.2) is 5.78 Å². The maximum absolute atomic E-state index is 12.2. The lowest BCUT2D eigenvalue weighted by molar-refractivity contribution is -0.116. The van der Waals surface area contributed by atoms with Crippen molar-refractivity contribution in [3.05, 3.63) is 53.6 Å². The van der Waals surface area contributed by atoms with Gasteiger partial charge in [0.05, 0.1) is 7.11 Å². The monoisotopic (exact) mass is 354 g/mol. The lowest BCUT2D eigenvalue weighted by atomic mass is 10.1. The van der Waals surface area contributed by atoms with Gasteiger partial charge in [0.1, 0.15) is 5.75 Å². The number of carbonyl (C=O) groups is 3. The maximum atomic E-state index is 12.2. The molecule has 6 heteroatoms. The molecule has 0 aliphatic carbocycles. The molecule has 2 rings (SSSR count). The van der Waals surface area contributed by atoms with Gasteiger partial charge in [-0.2, -0.15) is 0 Å². The Morgan fingerprint density at radius 2 is 1.65 bits per heavy atom. The summed E-state index contributed by atoms with van der Waals surface area (Å²) in [6.07, 6.45) is 0.192. The van der Waals surface area contributed by atoms with Crippen LogP contribution in [0.4, 0.5) is 11.4 Å². The van der Waals surface area contributed by atoms with Crippen LogP contribution < -0.4 is 15.4 Å². The van der Waals surface area contributed by atoms with Crippen LogP contribution in [-0.4, -0.2) is 24.7 Å². The molecule has 0 bridgehead atoms. The third-order valence-electron chi connectivity index (χ3n) is 3.82. The molecule has 0 atom stereocenters. The quantitative estimate of drug-likeness (QED) is 0.745. The fourth-order valence-corrected chi connectivity index (χ4v) is 2.40. The number of nitrogens with one attached hydrogen (secondary N) is 2. The Labute approximate surface area is 152 Å². The molecule has 0 aliphatic rings. The van der Waals surface area contributed by atoms with Crippen molar-refractivity contribution in [1.29, 1.82) is 0 Å². The summed E-state index contributed by atoms with van der Waals surface area (Å²) in [4.78, 5) is 35.5. The van der Waals surface area contributed by atoms with E-state index >= 15 is 0 Å². The van der Waals surface area contributed by atoms with Crippen LogP contribution in [0.1, 0.15) is 35.7 Å². The molecule has 0 spiro atoms. The Hall–Kier alpha value is -3.15. The van der Waals surface area contributed by atoms with E-state index in [1.54, 1.807) is 43.5 Å². The average Bonchev–Trinajstić information content (AvgIpc) is 2.62. The molecule has 0 unspecified atom stereocenters. The molecule has 0 aromatic heterocycles. The Bertz CT molecular complexity index is 813. The van der Waals surface area contributed by atoms with E-state index in [1.807, 2.05) is 13.0 Å². The largest absolute Gasteiger partial charge is 0.497 e. The number of ether oxygens (including phenoxy) is 1. The van der Waals surface area contributed by atoms with Crippen LogP contribution in [-0.2, 0) is 9.59 Å². The number of Topliss-reactive ketones (excluding diaryl/α,β-unsaturated/α-hetero) is 1. The van der Waals surface area contributed by atoms with Crippen LogP contribution in [0.2, 0.25) is 0 Å². The zero-order valence-corrected chi connectivity index (χ0v) is 15.1. The van der Waals surface area contributed by atoms with Gasteiger partial charge in [-0.3, -0.25) is 14.4 Å². The van der Waals surface area contributed by atoms with Crippen molar-refractivity contribution in [2.75, 3.05) is 17.7 Å². The lowest BCUT2D eigenvalue weighted by Gasteiger charge is -2.11. The smallest absolute Gasteiger partial charge is 0.224 e. The van der Waals surface area contributed by atoms with Gasteiger partial charge in [0, 0.05) is 36.7 Å². The second kappa shape index (κ2) is 8.80. The molecule has 6 nitrogen and oxygen atoms in total. The predicted octanol–water partition coefficient (Wildman–Crippen LogP) is 3.56. The molecular weight excluding hydrogens is 332 g/mol. The minimum absolute atomic E-state index is 0.0780. The van der Waals surface area contributed by atoms with Gasteiger partial charge in [-0.1, -0.05) is 6.07 Å². The number of rotatable bonds is 7. The minimum Gasteiger partial charge on any atom is -0.497 e. The topological polar surface area (TPSA) is 84.5 Å². The van der Waals surface area contributed by atoms with Crippen LogP contribution in [0.15, 0.2) is 42.5 Å². The third-order valence-corrected chi connectivity index (χ3v) is 3.82. The van der Waals surface area contributed by atoms with Crippen LogP contribution in [0.3, 0.4) is 0 Å². The second-order valence-electron chi connectivity index (χ2n) is 5.91. The standard InChI is InChI=1S/C20H22N2O4/c1-13-4-7-16(21-14(2)23)12-18(13)22-20(25)11-10-19(24)15-5-8-17(26-3)9-6-15/h4-9,12H,10-11H2,1-3H3,(H,21,23)(H,22,25). The summed E-state index contributed by atoms with van der Waals surface area (Å²) in [5.74, 6) is 0.131. The molecule has 2 aromatic carbocycles. The van der Waals surface area contributed by atoms with E-state index in [-0.39, 0.29) is 30.4 Å². The van der Waals surface area contributed by atoms with Crippen LogP contribution >= 0.6 is 0 Å². The molecular formula is C20H22N2O4. The summed E-state index contributed by atoms with van der Waals surface area (Å²) in [7, 11) is 1.56. The fraction of sp³-hybridized carbons (Fsp3) is 0.250. The van der Waals surface area contributed by atoms with E-state index in [2.05, 4.69) is 10.6 Å². The zero-order chi connectivity index (χ0) is 19.1. The van der Waals surface area contributed by atoms with Crippen molar-refractivity contribution in [3.8, 4) is 5.75 Å². The molecule has 0 saturated carbocycles. The summed E-state index contributed by atoms with van der Waals surface area (Å²) in [5, 5.41) is 5.46. The number of anilines is 2. The van der Waals surface area contributed by atoms with Crippen LogP contribution in [0.5, 0.6) is 5.75 Å². The number of benzene rings is 2. The van der Waals surface area contributed by atoms with Gasteiger partial charge >= 0.3 is 0 Å². The molecule has 0 fully saturated rings. The number of ketones is 1. The van der Waals surface area contributed by atoms with Crippen molar-refractivity contribution in [2.45, 2.75) is 26.7 Å². The van der Waals surface area contributed by atoms with E-state index < -0.39 is 0 Å². The highest BCUT2D eigenvalue weighted by molar-refractivity contribution is 6.00. The first-order valence-corrected chi connectivity index (χ1v) is 8.24. The lowest BCUT2D eigenvalue weighted by Crippen LogP contribution is -2.15. The molecule has 0 heterocycles. The minimum atomic E-state index is -0.255. The van der Waals surface area contributed by atoms with Crippen molar-refractivity contribution in [1.82, 2.24) is 0 Å².